The number of carboxylic acids is 2. The van der Waals surface area contributed by atoms with Crippen LogP contribution in [-0.2, 0) is 0 Å². The van der Waals surface area contributed by atoms with Crippen LogP contribution >= 0.6 is 0 Å². The summed E-state index contributed by atoms with van der Waals surface area (Å²) >= 11 is 0. The Balaban J connectivity index is 3.55. The first-order valence-corrected chi connectivity index (χ1v) is 3.89. The van der Waals surface area contributed by atoms with Crippen molar-refractivity contribution in [3.63, 3.8) is 0 Å². The summed E-state index contributed by atoms with van der Waals surface area (Å²) in [6.45, 7) is 0. The van der Waals surface area contributed by atoms with Crippen LogP contribution in [0, 0.1) is 10.1 Å². The van der Waals surface area contributed by atoms with Crippen molar-refractivity contribution >= 4 is 23.3 Å². The molecule has 0 heterocycles. The van der Waals surface area contributed by atoms with Crippen molar-refractivity contribution in [3.05, 3.63) is 33.4 Å². The van der Waals surface area contributed by atoms with Crippen LogP contribution in [-0.4, -0.2) is 27.1 Å². The van der Waals surface area contributed by atoms with Gasteiger partial charge in [0.15, 0.2) is 0 Å². The van der Waals surface area contributed by atoms with Crippen LogP contribution in [0.15, 0.2) is 12.1 Å². The number of hydrogen-bond donors (Lipinski definition) is 3. The zero-order chi connectivity index (χ0) is 12.5. The minimum absolute atomic E-state index is 0.357. The number of nitrogen functional groups attached to an aromatic ring is 1. The molecule has 84 valence electrons. The number of hydrogen-bond acceptors (Lipinski definition) is 5. The molecule has 0 saturated carbocycles. The fourth-order valence-electron chi connectivity index (χ4n) is 1.11. The molecular weight excluding hydrogens is 220 g/mol. The number of aromatic carboxylic acids is 2. The molecule has 0 saturated heterocycles. The Morgan fingerprint density at radius 1 is 1.19 bits per heavy atom. The van der Waals surface area contributed by atoms with Gasteiger partial charge in [0.05, 0.1) is 16.2 Å². The largest absolute Gasteiger partial charge is 0.478 e. The average Bonchev–Trinajstić information content (AvgIpc) is 2.15. The standard InChI is InChI=1S/C8H6N2O6/c9-5-2-6(10(15)16)4(8(13)14)1-3(5)7(11)12/h1-2H,9H2,(H,11,12)(H,13,14). The predicted molar refractivity (Wildman–Crippen MR) is 51.4 cm³/mol. The lowest BCUT2D eigenvalue weighted by Crippen LogP contribution is -2.09. The summed E-state index contributed by atoms with van der Waals surface area (Å²) in [5.41, 5.74) is 2.96. The molecule has 0 aliphatic carbocycles. The summed E-state index contributed by atoms with van der Waals surface area (Å²) in [6, 6.07) is 1.38. The van der Waals surface area contributed by atoms with Crippen LogP contribution in [0.1, 0.15) is 20.7 Å². The number of anilines is 1. The fraction of sp³-hybridized carbons (Fsp3) is 0. The summed E-state index contributed by atoms with van der Waals surface area (Å²) in [7, 11) is 0. The Hall–Kier alpha value is -2.64. The molecule has 0 unspecified atom stereocenters. The molecule has 8 heteroatoms. The van der Waals surface area contributed by atoms with Gasteiger partial charge in [-0.25, -0.2) is 9.59 Å². The Labute approximate surface area is 88.1 Å². The van der Waals surface area contributed by atoms with Gasteiger partial charge in [-0.3, -0.25) is 10.1 Å². The molecule has 1 aromatic carbocycles. The van der Waals surface area contributed by atoms with E-state index in [9.17, 15) is 19.7 Å². The molecular formula is C8H6N2O6. The molecule has 0 radical (unpaired) electrons. The predicted octanol–water partition coefficient (Wildman–Crippen LogP) is 0.573. The second-order valence-corrected chi connectivity index (χ2v) is 2.82. The zero-order valence-corrected chi connectivity index (χ0v) is 7.71. The van der Waals surface area contributed by atoms with Crippen LogP contribution in [0.4, 0.5) is 11.4 Å². The number of nitrogens with zero attached hydrogens (tertiary/aromatic N) is 1. The summed E-state index contributed by atoms with van der Waals surface area (Å²) < 4.78 is 0. The van der Waals surface area contributed by atoms with Crippen molar-refractivity contribution in [2.45, 2.75) is 0 Å². The highest BCUT2D eigenvalue weighted by Crippen LogP contribution is 2.25. The van der Waals surface area contributed by atoms with Gasteiger partial charge in [0.2, 0.25) is 0 Å². The van der Waals surface area contributed by atoms with E-state index in [1.165, 1.54) is 0 Å². The lowest BCUT2D eigenvalue weighted by molar-refractivity contribution is -0.385. The van der Waals surface area contributed by atoms with Gasteiger partial charge in [-0.1, -0.05) is 0 Å². The van der Waals surface area contributed by atoms with Gasteiger partial charge in [0.25, 0.3) is 5.69 Å². The van der Waals surface area contributed by atoms with Crippen LogP contribution in [0.5, 0.6) is 0 Å². The molecule has 0 spiro atoms. The number of benzene rings is 1. The molecule has 0 aliphatic rings. The number of nitrogens with two attached hydrogens (primary N) is 1. The number of nitro groups is 1. The van der Waals surface area contributed by atoms with Gasteiger partial charge in [0, 0.05) is 6.07 Å². The van der Waals surface area contributed by atoms with Gasteiger partial charge in [-0.05, 0) is 6.07 Å². The van der Waals surface area contributed by atoms with E-state index in [1.54, 1.807) is 0 Å². The quantitative estimate of drug-likeness (QED) is 0.388. The average molecular weight is 226 g/mol. The highest BCUT2D eigenvalue weighted by molar-refractivity contribution is 6.00. The lowest BCUT2D eigenvalue weighted by atomic mass is 10.1. The van der Waals surface area contributed by atoms with Crippen molar-refractivity contribution in [1.82, 2.24) is 0 Å². The molecule has 8 nitrogen and oxygen atoms in total. The second-order valence-electron chi connectivity index (χ2n) is 2.82. The van der Waals surface area contributed by atoms with Crippen LogP contribution in [0.2, 0.25) is 0 Å². The molecule has 0 aromatic heterocycles. The van der Waals surface area contributed by atoms with E-state index in [4.69, 9.17) is 15.9 Å². The van der Waals surface area contributed by atoms with Crippen LogP contribution < -0.4 is 5.73 Å². The smallest absolute Gasteiger partial charge is 0.342 e. The minimum Gasteiger partial charge on any atom is -0.478 e. The highest BCUT2D eigenvalue weighted by atomic mass is 16.6. The van der Waals surface area contributed by atoms with Gasteiger partial charge < -0.3 is 15.9 Å². The van der Waals surface area contributed by atoms with E-state index >= 15 is 0 Å². The number of carboxylic acid groups (broad SMARTS) is 2. The van der Waals surface area contributed by atoms with Gasteiger partial charge >= 0.3 is 11.9 Å². The third-order valence-electron chi connectivity index (χ3n) is 1.83. The monoisotopic (exact) mass is 226 g/mol. The third kappa shape index (κ3) is 1.90. The molecule has 0 aliphatic heterocycles. The summed E-state index contributed by atoms with van der Waals surface area (Å²) in [6.07, 6.45) is 0. The Bertz CT molecular complexity index is 496. The summed E-state index contributed by atoms with van der Waals surface area (Å²) in [5, 5.41) is 27.8. The topological polar surface area (TPSA) is 144 Å². The lowest BCUT2D eigenvalue weighted by Gasteiger charge is -2.03. The van der Waals surface area contributed by atoms with Crippen molar-refractivity contribution in [3.8, 4) is 0 Å². The molecule has 1 aromatic rings. The van der Waals surface area contributed by atoms with E-state index in [0.29, 0.717) is 12.1 Å². The van der Waals surface area contributed by atoms with E-state index < -0.39 is 33.7 Å². The Morgan fingerprint density at radius 3 is 2.06 bits per heavy atom. The Kier molecular flexibility index (Phi) is 2.75. The van der Waals surface area contributed by atoms with Gasteiger partial charge in [-0.2, -0.15) is 0 Å². The SMILES string of the molecule is Nc1cc([N+](=O)[O-])c(C(=O)O)cc1C(=O)O. The van der Waals surface area contributed by atoms with E-state index in [1.807, 2.05) is 0 Å². The van der Waals surface area contributed by atoms with Crippen molar-refractivity contribution < 1.29 is 24.7 Å². The molecule has 0 fully saturated rings. The Morgan fingerprint density at radius 2 is 1.69 bits per heavy atom. The summed E-state index contributed by atoms with van der Waals surface area (Å²) in [5.74, 6) is -3.04. The maximum absolute atomic E-state index is 10.7. The molecule has 0 amide bonds. The molecule has 1 rings (SSSR count). The first-order chi connectivity index (χ1) is 7.34. The van der Waals surface area contributed by atoms with Crippen molar-refractivity contribution in [2.24, 2.45) is 0 Å². The summed E-state index contributed by atoms with van der Waals surface area (Å²) in [4.78, 5) is 30.9. The molecule has 0 bridgehead atoms. The third-order valence-corrected chi connectivity index (χ3v) is 1.83. The fourth-order valence-corrected chi connectivity index (χ4v) is 1.11. The first kappa shape index (κ1) is 11.4. The number of rotatable bonds is 3. The van der Waals surface area contributed by atoms with E-state index in [2.05, 4.69) is 0 Å². The maximum Gasteiger partial charge on any atom is 0.342 e. The second kappa shape index (κ2) is 3.85. The normalized spacial score (nSPS) is 9.75. The van der Waals surface area contributed by atoms with Crippen molar-refractivity contribution in [1.29, 1.82) is 0 Å². The number of carbonyl (C=O) groups is 2. The van der Waals surface area contributed by atoms with Crippen LogP contribution in [0.3, 0.4) is 0 Å². The first-order valence-electron chi connectivity index (χ1n) is 3.89. The maximum atomic E-state index is 10.7. The number of nitro benzene ring substituents is 1. The highest BCUT2D eigenvalue weighted by Gasteiger charge is 2.24. The molecule has 4 N–H and O–H groups in total. The van der Waals surface area contributed by atoms with Crippen molar-refractivity contribution in [2.75, 3.05) is 5.73 Å². The van der Waals surface area contributed by atoms with E-state index in [-0.39, 0.29) is 5.69 Å². The zero-order valence-electron chi connectivity index (χ0n) is 7.71. The molecule has 16 heavy (non-hydrogen) atoms. The van der Waals surface area contributed by atoms with Crippen LogP contribution in [0.25, 0.3) is 0 Å². The van der Waals surface area contributed by atoms with Gasteiger partial charge in [0.1, 0.15) is 5.56 Å². The minimum atomic E-state index is -1.59. The van der Waals surface area contributed by atoms with E-state index in [0.717, 1.165) is 0 Å². The van der Waals surface area contributed by atoms with Gasteiger partial charge in [-0.15, -0.1) is 0 Å². The molecule has 0 atom stereocenters.